The van der Waals surface area contributed by atoms with Gasteiger partial charge in [0.05, 0.1) is 6.10 Å². The molecule has 1 saturated heterocycles. The van der Waals surface area contributed by atoms with Crippen molar-refractivity contribution in [1.82, 2.24) is 4.90 Å². The number of benzene rings is 1. The van der Waals surface area contributed by atoms with Crippen LogP contribution >= 0.6 is 0 Å². The molecule has 0 aromatic heterocycles. The highest BCUT2D eigenvalue weighted by atomic mass is 19.2. The van der Waals surface area contributed by atoms with E-state index < -0.39 is 35.4 Å². The summed E-state index contributed by atoms with van der Waals surface area (Å²) in [5.74, 6) is -6.62. The van der Waals surface area contributed by atoms with E-state index in [-0.39, 0.29) is 18.2 Å². The van der Waals surface area contributed by atoms with Crippen LogP contribution in [0.3, 0.4) is 0 Å². The molecule has 2 rings (SSSR count). The van der Waals surface area contributed by atoms with Gasteiger partial charge in [0, 0.05) is 36.8 Å². The zero-order chi connectivity index (χ0) is 16.4. The standard InChI is InChI=1S/C14H15F3N2O3/c1-7(20)8-2-3-19(6-8)14(22)13(21)18-9-4-10(15)12(17)11(16)5-9/h4-5,7-8,20H,2-3,6H2,1H3,(H,18,21). The highest BCUT2D eigenvalue weighted by Gasteiger charge is 2.32. The van der Waals surface area contributed by atoms with Gasteiger partial charge in [0.15, 0.2) is 17.5 Å². The maximum Gasteiger partial charge on any atom is 0.313 e. The normalized spacial score (nSPS) is 19.1. The molecule has 22 heavy (non-hydrogen) atoms. The van der Waals surface area contributed by atoms with Crippen molar-refractivity contribution in [2.45, 2.75) is 19.4 Å². The maximum absolute atomic E-state index is 13.0. The van der Waals surface area contributed by atoms with E-state index in [4.69, 9.17) is 0 Å². The number of halogens is 3. The van der Waals surface area contributed by atoms with E-state index >= 15 is 0 Å². The maximum atomic E-state index is 13.0. The number of rotatable bonds is 2. The van der Waals surface area contributed by atoms with Crippen LogP contribution in [-0.2, 0) is 9.59 Å². The minimum absolute atomic E-state index is 0.113. The van der Waals surface area contributed by atoms with Gasteiger partial charge in [-0.3, -0.25) is 9.59 Å². The van der Waals surface area contributed by atoms with Gasteiger partial charge in [0.25, 0.3) is 0 Å². The van der Waals surface area contributed by atoms with Gasteiger partial charge in [0.1, 0.15) is 0 Å². The molecule has 0 aliphatic carbocycles. The lowest BCUT2D eigenvalue weighted by Gasteiger charge is -2.17. The van der Waals surface area contributed by atoms with Gasteiger partial charge in [-0.15, -0.1) is 0 Å². The van der Waals surface area contributed by atoms with Crippen LogP contribution in [-0.4, -0.2) is 41.0 Å². The first-order valence-electron chi connectivity index (χ1n) is 6.72. The van der Waals surface area contributed by atoms with Crippen LogP contribution in [0.25, 0.3) is 0 Å². The van der Waals surface area contributed by atoms with Gasteiger partial charge < -0.3 is 15.3 Å². The Labute approximate surface area is 124 Å². The molecule has 5 nitrogen and oxygen atoms in total. The molecule has 1 heterocycles. The molecule has 0 radical (unpaired) electrons. The molecule has 1 fully saturated rings. The van der Waals surface area contributed by atoms with Crippen LogP contribution in [0, 0.1) is 23.4 Å². The predicted molar refractivity (Wildman–Crippen MR) is 71.3 cm³/mol. The molecule has 2 N–H and O–H groups in total. The summed E-state index contributed by atoms with van der Waals surface area (Å²) < 4.78 is 38.9. The lowest BCUT2D eigenvalue weighted by molar-refractivity contribution is -0.142. The van der Waals surface area contributed by atoms with Crippen LogP contribution in [0.4, 0.5) is 18.9 Å². The molecule has 0 bridgehead atoms. The van der Waals surface area contributed by atoms with Gasteiger partial charge in [-0.25, -0.2) is 13.2 Å². The second-order valence-electron chi connectivity index (χ2n) is 5.25. The van der Waals surface area contributed by atoms with Gasteiger partial charge in [-0.1, -0.05) is 0 Å². The minimum atomic E-state index is -1.65. The Bertz CT molecular complexity index is 584. The summed E-state index contributed by atoms with van der Waals surface area (Å²) in [6.45, 7) is 2.15. The minimum Gasteiger partial charge on any atom is -0.393 e. The van der Waals surface area contributed by atoms with E-state index in [1.807, 2.05) is 5.32 Å². The Morgan fingerprint density at radius 1 is 1.32 bits per heavy atom. The summed E-state index contributed by atoms with van der Waals surface area (Å²) in [7, 11) is 0. The highest BCUT2D eigenvalue weighted by Crippen LogP contribution is 2.21. The van der Waals surface area contributed by atoms with E-state index in [1.54, 1.807) is 6.92 Å². The molecule has 1 aromatic rings. The number of nitrogens with zero attached hydrogens (tertiary/aromatic N) is 1. The van der Waals surface area contributed by atoms with E-state index in [0.29, 0.717) is 25.1 Å². The van der Waals surface area contributed by atoms with Gasteiger partial charge in [-0.2, -0.15) is 0 Å². The SMILES string of the molecule is CC(O)C1CCN(C(=O)C(=O)Nc2cc(F)c(F)c(F)c2)C1. The molecule has 8 heteroatoms. The number of likely N-dealkylation sites (tertiary alicyclic amines) is 1. The molecule has 2 unspecified atom stereocenters. The number of anilines is 1. The van der Waals surface area contributed by atoms with Gasteiger partial charge in [0.2, 0.25) is 0 Å². The number of amides is 2. The van der Waals surface area contributed by atoms with Crippen LogP contribution in [0.15, 0.2) is 12.1 Å². The van der Waals surface area contributed by atoms with Crippen LogP contribution in [0.1, 0.15) is 13.3 Å². The van der Waals surface area contributed by atoms with Crippen molar-refractivity contribution in [2.75, 3.05) is 18.4 Å². The molecule has 1 aromatic carbocycles. The lowest BCUT2D eigenvalue weighted by atomic mass is 10.0. The number of aliphatic hydroxyl groups excluding tert-OH is 1. The molecule has 2 atom stereocenters. The fourth-order valence-electron chi connectivity index (χ4n) is 2.32. The first kappa shape index (κ1) is 16.3. The molecule has 2 amide bonds. The molecule has 1 aliphatic heterocycles. The fourth-order valence-corrected chi connectivity index (χ4v) is 2.32. The Hall–Kier alpha value is -2.09. The van der Waals surface area contributed by atoms with Crippen LogP contribution in [0.5, 0.6) is 0 Å². The zero-order valence-electron chi connectivity index (χ0n) is 11.8. The molecule has 120 valence electrons. The monoisotopic (exact) mass is 316 g/mol. The third-order valence-electron chi connectivity index (χ3n) is 3.63. The molecule has 0 spiro atoms. The molecule has 1 aliphatic rings. The number of hydrogen-bond acceptors (Lipinski definition) is 3. The summed E-state index contributed by atoms with van der Waals surface area (Å²) >= 11 is 0. The summed E-state index contributed by atoms with van der Waals surface area (Å²) in [5, 5.41) is 11.5. The predicted octanol–water partition coefficient (Wildman–Crippen LogP) is 1.27. The van der Waals surface area contributed by atoms with E-state index in [2.05, 4.69) is 0 Å². The Balaban J connectivity index is 2.02. The molecular formula is C14H15F3N2O3. The Morgan fingerprint density at radius 3 is 2.41 bits per heavy atom. The molecular weight excluding hydrogens is 301 g/mol. The van der Waals surface area contributed by atoms with Crippen LogP contribution in [0.2, 0.25) is 0 Å². The highest BCUT2D eigenvalue weighted by molar-refractivity contribution is 6.39. The summed E-state index contributed by atoms with van der Waals surface area (Å²) in [6, 6.07) is 1.18. The van der Waals surface area contributed by atoms with Crippen molar-refractivity contribution in [3.05, 3.63) is 29.6 Å². The van der Waals surface area contributed by atoms with Crippen molar-refractivity contribution in [3.63, 3.8) is 0 Å². The van der Waals surface area contributed by atoms with Gasteiger partial charge >= 0.3 is 11.8 Å². The number of aliphatic hydroxyl groups is 1. The average molecular weight is 316 g/mol. The second-order valence-corrected chi connectivity index (χ2v) is 5.25. The van der Waals surface area contributed by atoms with E-state index in [1.165, 1.54) is 4.90 Å². The summed E-state index contributed by atoms with van der Waals surface area (Å²) in [5.41, 5.74) is -0.346. The van der Waals surface area contributed by atoms with Crippen molar-refractivity contribution < 1.29 is 27.9 Å². The smallest absolute Gasteiger partial charge is 0.313 e. The fraction of sp³-hybridized carbons (Fsp3) is 0.429. The third-order valence-corrected chi connectivity index (χ3v) is 3.63. The van der Waals surface area contributed by atoms with Crippen molar-refractivity contribution in [3.8, 4) is 0 Å². The van der Waals surface area contributed by atoms with E-state index in [0.717, 1.165) is 0 Å². The Kier molecular flexibility index (Phi) is 4.70. The number of hydrogen-bond donors (Lipinski definition) is 2. The quantitative estimate of drug-likeness (QED) is 0.638. The summed E-state index contributed by atoms with van der Waals surface area (Å²) in [4.78, 5) is 25.0. The zero-order valence-corrected chi connectivity index (χ0v) is 11.8. The summed E-state index contributed by atoms with van der Waals surface area (Å²) in [6.07, 6.45) is -0.0302. The number of carbonyl (C=O) groups excluding carboxylic acids is 2. The van der Waals surface area contributed by atoms with Crippen molar-refractivity contribution in [2.24, 2.45) is 5.92 Å². The van der Waals surface area contributed by atoms with Crippen LogP contribution < -0.4 is 5.32 Å². The van der Waals surface area contributed by atoms with Crippen molar-refractivity contribution >= 4 is 17.5 Å². The third kappa shape index (κ3) is 3.38. The number of carbonyl (C=O) groups is 2. The average Bonchev–Trinajstić information content (AvgIpc) is 2.93. The second kappa shape index (κ2) is 6.35. The lowest BCUT2D eigenvalue weighted by Crippen LogP contribution is -2.38. The first-order chi connectivity index (χ1) is 10.3. The largest absolute Gasteiger partial charge is 0.393 e. The Morgan fingerprint density at radius 2 is 1.91 bits per heavy atom. The molecule has 0 saturated carbocycles. The van der Waals surface area contributed by atoms with Gasteiger partial charge in [-0.05, 0) is 13.3 Å². The van der Waals surface area contributed by atoms with E-state index in [9.17, 15) is 27.9 Å². The van der Waals surface area contributed by atoms with Crippen molar-refractivity contribution in [1.29, 1.82) is 0 Å². The first-order valence-corrected chi connectivity index (χ1v) is 6.72. The number of nitrogens with one attached hydrogen (secondary N) is 1. The topological polar surface area (TPSA) is 69.6 Å².